The lowest BCUT2D eigenvalue weighted by atomic mass is 10.1. The fourth-order valence-corrected chi connectivity index (χ4v) is 2.16. The third kappa shape index (κ3) is 5.81. The van der Waals surface area contributed by atoms with Gasteiger partial charge in [0, 0.05) is 26.7 Å². The second-order valence-corrected chi connectivity index (χ2v) is 5.43. The summed E-state index contributed by atoms with van der Waals surface area (Å²) in [4.78, 5) is 13.6. The number of hydrogen-bond acceptors (Lipinski definition) is 4. The largest absolute Gasteiger partial charge is 0.465 e. The van der Waals surface area contributed by atoms with Crippen LogP contribution in [0.1, 0.15) is 29.8 Å². The molecule has 0 amide bonds. The Morgan fingerprint density at radius 2 is 2.05 bits per heavy atom. The van der Waals surface area contributed by atoms with E-state index in [4.69, 9.17) is 4.74 Å². The maximum Gasteiger partial charge on any atom is 0.340 e. The third-order valence-corrected chi connectivity index (χ3v) is 3.08. The Balaban J connectivity index is 2.79. The van der Waals surface area contributed by atoms with Gasteiger partial charge in [-0.25, -0.2) is 9.18 Å². The van der Waals surface area contributed by atoms with Crippen molar-refractivity contribution in [3.05, 3.63) is 35.1 Å². The molecule has 0 unspecified atom stereocenters. The zero-order valence-electron chi connectivity index (χ0n) is 13.2. The van der Waals surface area contributed by atoms with E-state index >= 15 is 0 Å². The van der Waals surface area contributed by atoms with Crippen LogP contribution in [0.4, 0.5) is 4.39 Å². The predicted molar refractivity (Wildman–Crippen MR) is 79.7 cm³/mol. The van der Waals surface area contributed by atoms with Crippen molar-refractivity contribution in [1.29, 1.82) is 0 Å². The number of esters is 1. The normalized spacial score (nSPS) is 11.2. The van der Waals surface area contributed by atoms with Crippen LogP contribution in [0.3, 0.4) is 0 Å². The first-order valence-electron chi connectivity index (χ1n) is 7.06. The Kier molecular flexibility index (Phi) is 7.32. The lowest BCUT2D eigenvalue weighted by Gasteiger charge is -2.24. The smallest absolute Gasteiger partial charge is 0.340 e. The zero-order chi connectivity index (χ0) is 15.8. The molecule has 0 fully saturated rings. The molecule has 0 aliphatic rings. The molecule has 118 valence electrons. The minimum Gasteiger partial charge on any atom is -0.465 e. The molecule has 0 saturated heterocycles. The van der Waals surface area contributed by atoms with Gasteiger partial charge in [0.2, 0.25) is 0 Å². The summed E-state index contributed by atoms with van der Waals surface area (Å²) in [5.74, 6) is -0.686. The van der Waals surface area contributed by atoms with Gasteiger partial charge in [-0.1, -0.05) is 19.9 Å². The number of rotatable bonds is 8. The van der Waals surface area contributed by atoms with Crippen LogP contribution in [0.15, 0.2) is 18.2 Å². The van der Waals surface area contributed by atoms with E-state index in [9.17, 15) is 9.18 Å². The molecule has 0 bridgehead atoms. The molecule has 0 aliphatic carbocycles. The predicted octanol–water partition coefficient (Wildman–Crippen LogP) is 2.72. The lowest BCUT2D eigenvalue weighted by Crippen LogP contribution is -2.30. The van der Waals surface area contributed by atoms with Crippen molar-refractivity contribution in [1.82, 2.24) is 4.90 Å². The number of carbonyl (C=O) groups is 1. The molecule has 0 aromatic heterocycles. The van der Waals surface area contributed by atoms with Gasteiger partial charge in [-0.05, 0) is 23.6 Å². The fraction of sp³-hybridized carbons (Fsp3) is 0.562. The summed E-state index contributed by atoms with van der Waals surface area (Å²) in [6.45, 7) is 7.23. The molecule has 0 saturated carbocycles. The molecular formula is C16H24FNO3. The second kappa shape index (κ2) is 8.74. The van der Waals surface area contributed by atoms with Crippen molar-refractivity contribution in [3.63, 3.8) is 0 Å². The van der Waals surface area contributed by atoms with Gasteiger partial charge in [0.1, 0.15) is 5.82 Å². The standard InChI is InChI=1S/C16H24FNO3/c1-12(2)10-18(7-8-20-3)11-13-5-6-14(15(17)9-13)16(19)21-4/h5-6,9,12H,7-8,10-11H2,1-4H3. The van der Waals surface area contributed by atoms with Crippen molar-refractivity contribution in [2.75, 3.05) is 33.9 Å². The van der Waals surface area contributed by atoms with E-state index in [0.29, 0.717) is 19.1 Å². The van der Waals surface area contributed by atoms with Crippen LogP contribution in [0.25, 0.3) is 0 Å². The van der Waals surface area contributed by atoms with Crippen LogP contribution in [0, 0.1) is 11.7 Å². The van der Waals surface area contributed by atoms with E-state index in [0.717, 1.165) is 18.7 Å². The number of methoxy groups -OCH3 is 2. The van der Waals surface area contributed by atoms with Crippen molar-refractivity contribution < 1.29 is 18.7 Å². The van der Waals surface area contributed by atoms with Crippen LogP contribution in [-0.4, -0.2) is 44.8 Å². The van der Waals surface area contributed by atoms with Gasteiger partial charge in [0.15, 0.2) is 0 Å². The molecule has 0 spiro atoms. The van der Waals surface area contributed by atoms with E-state index in [2.05, 4.69) is 23.5 Å². The Labute approximate surface area is 125 Å². The lowest BCUT2D eigenvalue weighted by molar-refractivity contribution is 0.0595. The molecule has 0 N–H and O–H groups in total. The van der Waals surface area contributed by atoms with Gasteiger partial charge < -0.3 is 9.47 Å². The van der Waals surface area contributed by atoms with Crippen LogP contribution < -0.4 is 0 Å². The molecule has 0 aliphatic heterocycles. The topological polar surface area (TPSA) is 38.8 Å². The molecule has 1 aromatic carbocycles. The van der Waals surface area contributed by atoms with Crippen LogP contribution in [-0.2, 0) is 16.0 Å². The molecule has 21 heavy (non-hydrogen) atoms. The summed E-state index contributed by atoms with van der Waals surface area (Å²) >= 11 is 0. The highest BCUT2D eigenvalue weighted by Crippen LogP contribution is 2.14. The van der Waals surface area contributed by atoms with Crippen LogP contribution >= 0.6 is 0 Å². The summed E-state index contributed by atoms with van der Waals surface area (Å²) in [6, 6.07) is 4.63. The minimum absolute atomic E-state index is 0.0337. The van der Waals surface area contributed by atoms with Gasteiger partial charge >= 0.3 is 5.97 Å². The first kappa shape index (κ1) is 17.6. The van der Waals surface area contributed by atoms with Crippen molar-refractivity contribution in [2.24, 2.45) is 5.92 Å². The van der Waals surface area contributed by atoms with Crippen molar-refractivity contribution in [2.45, 2.75) is 20.4 Å². The molecule has 4 nitrogen and oxygen atoms in total. The highest BCUT2D eigenvalue weighted by Gasteiger charge is 2.14. The van der Waals surface area contributed by atoms with E-state index in [1.807, 2.05) is 0 Å². The van der Waals surface area contributed by atoms with Gasteiger partial charge in [-0.2, -0.15) is 0 Å². The summed E-state index contributed by atoms with van der Waals surface area (Å²) in [5.41, 5.74) is 0.797. The van der Waals surface area contributed by atoms with Gasteiger partial charge in [0.05, 0.1) is 19.3 Å². The number of carbonyl (C=O) groups excluding carboxylic acids is 1. The van der Waals surface area contributed by atoms with E-state index < -0.39 is 11.8 Å². The maximum atomic E-state index is 13.9. The van der Waals surface area contributed by atoms with Gasteiger partial charge in [-0.3, -0.25) is 4.90 Å². The Morgan fingerprint density at radius 3 is 2.57 bits per heavy atom. The molecular weight excluding hydrogens is 273 g/mol. The zero-order valence-corrected chi connectivity index (χ0v) is 13.2. The highest BCUT2D eigenvalue weighted by molar-refractivity contribution is 5.89. The number of nitrogens with zero attached hydrogens (tertiary/aromatic N) is 1. The third-order valence-electron chi connectivity index (χ3n) is 3.08. The fourth-order valence-electron chi connectivity index (χ4n) is 2.16. The molecule has 5 heteroatoms. The summed E-state index contributed by atoms with van der Waals surface area (Å²) < 4.78 is 23.5. The maximum absolute atomic E-state index is 13.9. The molecule has 1 aromatic rings. The summed E-state index contributed by atoms with van der Waals surface area (Å²) in [6.07, 6.45) is 0. The van der Waals surface area contributed by atoms with Crippen LogP contribution in [0.2, 0.25) is 0 Å². The van der Waals surface area contributed by atoms with Crippen LogP contribution in [0.5, 0.6) is 0 Å². The monoisotopic (exact) mass is 297 g/mol. The van der Waals surface area contributed by atoms with Gasteiger partial charge in [0.25, 0.3) is 0 Å². The number of hydrogen-bond donors (Lipinski definition) is 0. The molecule has 1 rings (SSSR count). The van der Waals surface area contributed by atoms with Crippen molar-refractivity contribution >= 4 is 5.97 Å². The molecule has 0 radical (unpaired) electrons. The summed E-state index contributed by atoms with van der Waals surface area (Å²) in [5, 5.41) is 0. The Hall–Kier alpha value is -1.46. The minimum atomic E-state index is -0.655. The molecule has 0 heterocycles. The highest BCUT2D eigenvalue weighted by atomic mass is 19.1. The summed E-state index contributed by atoms with van der Waals surface area (Å²) in [7, 11) is 2.91. The van der Waals surface area contributed by atoms with E-state index in [-0.39, 0.29) is 5.56 Å². The molecule has 0 atom stereocenters. The average Bonchev–Trinajstić information content (AvgIpc) is 2.43. The first-order valence-corrected chi connectivity index (χ1v) is 7.06. The number of benzene rings is 1. The quantitative estimate of drug-likeness (QED) is 0.692. The van der Waals surface area contributed by atoms with E-state index in [1.165, 1.54) is 19.2 Å². The average molecular weight is 297 g/mol. The van der Waals surface area contributed by atoms with Crippen molar-refractivity contribution in [3.8, 4) is 0 Å². The Morgan fingerprint density at radius 1 is 1.33 bits per heavy atom. The number of ether oxygens (including phenoxy) is 2. The second-order valence-electron chi connectivity index (χ2n) is 5.43. The SMILES string of the molecule is COCCN(Cc1ccc(C(=O)OC)c(F)c1)CC(C)C. The Bertz CT molecular complexity index is 463. The first-order chi connectivity index (χ1) is 9.97. The van der Waals surface area contributed by atoms with E-state index in [1.54, 1.807) is 13.2 Å². The van der Waals surface area contributed by atoms with Gasteiger partial charge in [-0.15, -0.1) is 0 Å². The number of halogens is 1.